The number of nitrogens with zero attached hydrogens (tertiary/aromatic N) is 3. The fourth-order valence-corrected chi connectivity index (χ4v) is 1.45. The van der Waals surface area contributed by atoms with Crippen LogP contribution >= 0.6 is 0 Å². The van der Waals surface area contributed by atoms with E-state index in [1.165, 1.54) is 55.4 Å². The molecule has 0 N–H and O–H groups in total. The highest BCUT2D eigenvalue weighted by atomic mass is 27.0. The van der Waals surface area contributed by atoms with E-state index in [4.69, 9.17) is 0 Å². The quantitative estimate of drug-likeness (QED) is 0.457. The normalized spacial score (nSPS) is 8.57. The van der Waals surface area contributed by atoms with Gasteiger partial charge >= 0.3 is 0 Å². The molecule has 0 fully saturated rings. The maximum absolute atomic E-state index is 10.0. The van der Waals surface area contributed by atoms with Crippen LogP contribution in [0.1, 0.15) is 31.1 Å². The van der Waals surface area contributed by atoms with Crippen molar-refractivity contribution in [1.82, 2.24) is 15.0 Å². The molecule has 10 heteroatoms. The molecular formula is C18H12AlN3O6-3. The van der Waals surface area contributed by atoms with Gasteiger partial charge in [0, 0.05) is 71.2 Å². The summed E-state index contributed by atoms with van der Waals surface area (Å²) in [6, 6.07) is 8.94. The summed E-state index contributed by atoms with van der Waals surface area (Å²) in [5.41, 5.74) is 0.326. The van der Waals surface area contributed by atoms with Gasteiger partial charge in [0.05, 0.1) is 17.9 Å². The highest BCUT2D eigenvalue weighted by Crippen LogP contribution is 1.92. The van der Waals surface area contributed by atoms with E-state index >= 15 is 0 Å². The van der Waals surface area contributed by atoms with Crippen molar-refractivity contribution >= 4 is 35.3 Å². The van der Waals surface area contributed by atoms with E-state index in [9.17, 15) is 29.7 Å². The summed E-state index contributed by atoms with van der Waals surface area (Å²) in [5.74, 6) is -3.57. The molecule has 9 nitrogen and oxygen atoms in total. The van der Waals surface area contributed by atoms with E-state index in [2.05, 4.69) is 15.0 Å². The summed E-state index contributed by atoms with van der Waals surface area (Å²) >= 11 is 0. The van der Waals surface area contributed by atoms with Crippen LogP contribution in [-0.2, 0) is 0 Å². The number of rotatable bonds is 3. The van der Waals surface area contributed by atoms with Crippen LogP contribution < -0.4 is 15.3 Å². The minimum atomic E-state index is -1.19. The predicted molar refractivity (Wildman–Crippen MR) is 91.5 cm³/mol. The van der Waals surface area contributed by atoms with E-state index < -0.39 is 17.9 Å². The predicted octanol–water partition coefficient (Wildman–Crippen LogP) is -2.05. The number of hydrogen-bond donors (Lipinski definition) is 0. The molecule has 0 aliphatic carbocycles. The largest absolute Gasteiger partial charge is 0.545 e. The number of hydrogen-bond acceptors (Lipinski definition) is 9. The number of carbonyl (C=O) groups is 3. The average Bonchev–Trinajstić information content (AvgIpc) is 2.71. The molecule has 0 bridgehead atoms. The van der Waals surface area contributed by atoms with E-state index in [0.29, 0.717) is 0 Å². The third-order valence-electron chi connectivity index (χ3n) is 2.69. The molecule has 0 aromatic carbocycles. The summed E-state index contributed by atoms with van der Waals surface area (Å²) in [6.45, 7) is 0. The van der Waals surface area contributed by atoms with E-state index in [1.54, 1.807) is 18.2 Å². The molecular weight excluding hydrogens is 381 g/mol. The van der Waals surface area contributed by atoms with Crippen molar-refractivity contribution in [3.63, 3.8) is 0 Å². The second-order valence-electron chi connectivity index (χ2n) is 4.59. The molecule has 3 radical (unpaired) electrons. The first-order valence-electron chi connectivity index (χ1n) is 7.26. The molecule has 0 unspecified atom stereocenters. The van der Waals surface area contributed by atoms with Gasteiger partial charge in [-0.25, -0.2) is 0 Å². The van der Waals surface area contributed by atoms with Crippen molar-refractivity contribution in [2.24, 2.45) is 0 Å². The van der Waals surface area contributed by atoms with Crippen molar-refractivity contribution in [1.29, 1.82) is 0 Å². The first-order valence-corrected chi connectivity index (χ1v) is 7.26. The van der Waals surface area contributed by atoms with Gasteiger partial charge in [-0.2, -0.15) is 0 Å². The van der Waals surface area contributed by atoms with Crippen molar-refractivity contribution in [2.45, 2.75) is 0 Å². The van der Waals surface area contributed by atoms with Crippen LogP contribution in [-0.4, -0.2) is 50.2 Å². The van der Waals surface area contributed by atoms with Crippen LogP contribution in [0.25, 0.3) is 0 Å². The minimum Gasteiger partial charge on any atom is -0.545 e. The standard InChI is InChI=1S/3C6H5NO2.Al/c3*8-6(9)5-2-1-3-7-4-5;/h3*1-4H,(H,8,9);/p-3. The van der Waals surface area contributed by atoms with Crippen LogP contribution in [0.2, 0.25) is 0 Å². The topological polar surface area (TPSA) is 159 Å². The highest BCUT2D eigenvalue weighted by molar-refractivity contribution is 5.85. The van der Waals surface area contributed by atoms with E-state index in [1.807, 2.05) is 0 Å². The van der Waals surface area contributed by atoms with Crippen molar-refractivity contribution < 1.29 is 29.7 Å². The Morgan fingerprint density at radius 3 is 0.929 bits per heavy atom. The number of carboxylic acids is 3. The maximum atomic E-state index is 10.0. The van der Waals surface area contributed by atoms with Gasteiger partial charge in [0.15, 0.2) is 0 Å². The summed E-state index contributed by atoms with van der Waals surface area (Å²) in [5, 5.41) is 30.1. The SMILES string of the molecule is O=C([O-])c1cccnc1.O=C([O-])c1cccnc1.O=C([O-])c1cccnc1.[Al]. The Labute approximate surface area is 170 Å². The van der Waals surface area contributed by atoms with Crippen molar-refractivity contribution in [3.8, 4) is 0 Å². The zero-order valence-corrected chi connectivity index (χ0v) is 15.5. The average molecular weight is 393 g/mol. The second kappa shape index (κ2) is 13.6. The Kier molecular flexibility index (Phi) is 11.8. The smallest absolute Gasteiger partial charge is 0.0730 e. The number of aromatic carboxylic acids is 3. The lowest BCUT2D eigenvalue weighted by molar-refractivity contribution is -0.256. The van der Waals surface area contributed by atoms with Gasteiger partial charge in [0.1, 0.15) is 0 Å². The molecule has 0 atom stereocenters. The molecule has 141 valence electrons. The van der Waals surface area contributed by atoms with Gasteiger partial charge in [-0.1, -0.05) is 18.2 Å². The lowest BCUT2D eigenvalue weighted by Crippen LogP contribution is -2.22. The van der Waals surface area contributed by atoms with Crippen LogP contribution in [0.5, 0.6) is 0 Å². The third-order valence-corrected chi connectivity index (χ3v) is 2.69. The molecule has 3 aromatic rings. The Bertz CT molecular complexity index is 747. The van der Waals surface area contributed by atoms with Crippen LogP contribution in [0.15, 0.2) is 73.6 Å². The third kappa shape index (κ3) is 9.77. The van der Waals surface area contributed by atoms with Gasteiger partial charge in [-0.3, -0.25) is 15.0 Å². The van der Waals surface area contributed by atoms with E-state index in [-0.39, 0.29) is 34.1 Å². The lowest BCUT2D eigenvalue weighted by atomic mass is 10.3. The molecule has 0 aliphatic rings. The van der Waals surface area contributed by atoms with Gasteiger partial charge in [-0.15, -0.1) is 0 Å². The Morgan fingerprint density at radius 1 is 0.571 bits per heavy atom. The highest BCUT2D eigenvalue weighted by Gasteiger charge is 1.88. The Balaban J connectivity index is 0.000000384. The Hall–Kier alpha value is -3.61. The fourth-order valence-electron chi connectivity index (χ4n) is 1.45. The zero-order valence-electron chi connectivity index (χ0n) is 14.3. The monoisotopic (exact) mass is 393 g/mol. The molecule has 0 saturated carbocycles. The van der Waals surface area contributed by atoms with Crippen molar-refractivity contribution in [3.05, 3.63) is 90.3 Å². The van der Waals surface area contributed by atoms with Crippen LogP contribution in [0, 0.1) is 0 Å². The zero-order chi connectivity index (χ0) is 20.1. The lowest BCUT2D eigenvalue weighted by Gasteiger charge is -1.97. The molecule has 3 aromatic heterocycles. The summed E-state index contributed by atoms with van der Waals surface area (Å²) in [4.78, 5) is 40.9. The second-order valence-corrected chi connectivity index (χ2v) is 4.59. The summed E-state index contributed by atoms with van der Waals surface area (Å²) < 4.78 is 0. The van der Waals surface area contributed by atoms with Crippen LogP contribution in [0.3, 0.4) is 0 Å². The van der Waals surface area contributed by atoms with Crippen molar-refractivity contribution in [2.75, 3.05) is 0 Å². The molecule has 0 aliphatic heterocycles. The molecule has 28 heavy (non-hydrogen) atoms. The number of carboxylic acid groups (broad SMARTS) is 3. The number of carbonyl (C=O) groups excluding carboxylic acids is 3. The Morgan fingerprint density at radius 2 is 0.821 bits per heavy atom. The van der Waals surface area contributed by atoms with Crippen LogP contribution in [0.4, 0.5) is 0 Å². The van der Waals surface area contributed by atoms with Gasteiger partial charge in [0.25, 0.3) is 0 Å². The first kappa shape index (κ1) is 24.4. The molecule has 0 saturated heterocycles. The minimum absolute atomic E-state index is 0. The number of pyridine rings is 3. The molecule has 0 amide bonds. The molecule has 3 rings (SSSR count). The van der Waals surface area contributed by atoms with Gasteiger partial charge < -0.3 is 29.7 Å². The number of aromatic nitrogens is 3. The van der Waals surface area contributed by atoms with Gasteiger partial charge in [0.2, 0.25) is 0 Å². The van der Waals surface area contributed by atoms with E-state index in [0.717, 1.165) is 0 Å². The summed E-state index contributed by atoms with van der Waals surface area (Å²) in [7, 11) is 0. The molecule has 0 spiro atoms. The first-order chi connectivity index (χ1) is 12.9. The molecule has 3 heterocycles. The summed E-state index contributed by atoms with van der Waals surface area (Å²) in [6.07, 6.45) is 8.26. The van der Waals surface area contributed by atoms with Gasteiger partial charge in [-0.05, 0) is 18.2 Å². The maximum Gasteiger partial charge on any atom is 0.0730 e. The fraction of sp³-hybridized carbons (Fsp3) is 0.